The Kier molecular flexibility index (Phi) is 2.14. The van der Waals surface area contributed by atoms with Gasteiger partial charge in [0.25, 0.3) is 0 Å². The first-order valence-electron chi connectivity index (χ1n) is 4.66. The molecule has 0 unspecified atom stereocenters. The van der Waals surface area contributed by atoms with Gasteiger partial charge >= 0.3 is 0 Å². The topological polar surface area (TPSA) is 12.5 Å². The highest BCUT2D eigenvalue weighted by atomic mass is 16.5. The minimum absolute atomic E-state index is 0.743. The number of nitrogens with zero attached hydrogens (tertiary/aromatic N) is 1. The third kappa shape index (κ3) is 1.57. The van der Waals surface area contributed by atoms with Crippen LogP contribution in [0.5, 0.6) is 0 Å². The maximum absolute atomic E-state index is 5.19. The molecule has 1 heterocycles. The third-order valence-corrected chi connectivity index (χ3v) is 2.80. The van der Waals surface area contributed by atoms with E-state index in [0.717, 1.165) is 18.7 Å². The predicted molar refractivity (Wildman–Crippen MR) is 44.6 cm³/mol. The standard InChI is InChI=1S/C9H17NO/c1-11-7-9-3-2-6-10(9)8-4-5-8/h8-9H,2-7H2,1H3/t9-/m1/s1. The SMILES string of the molecule is COC[C@H]1CCCN1C1CC1. The van der Waals surface area contributed by atoms with Crippen LogP contribution < -0.4 is 0 Å². The highest BCUT2D eigenvalue weighted by molar-refractivity contribution is 4.91. The van der Waals surface area contributed by atoms with E-state index in [-0.39, 0.29) is 0 Å². The lowest BCUT2D eigenvalue weighted by molar-refractivity contribution is 0.111. The fraction of sp³-hybridized carbons (Fsp3) is 1.00. The molecule has 2 fully saturated rings. The van der Waals surface area contributed by atoms with Gasteiger partial charge in [-0.05, 0) is 32.2 Å². The molecule has 0 radical (unpaired) electrons. The van der Waals surface area contributed by atoms with Gasteiger partial charge in [0, 0.05) is 19.2 Å². The summed E-state index contributed by atoms with van der Waals surface area (Å²) < 4.78 is 5.19. The molecule has 2 heteroatoms. The van der Waals surface area contributed by atoms with Crippen molar-refractivity contribution in [2.45, 2.75) is 37.8 Å². The van der Waals surface area contributed by atoms with Gasteiger partial charge in [-0.1, -0.05) is 0 Å². The first-order chi connectivity index (χ1) is 5.42. The van der Waals surface area contributed by atoms with Crippen molar-refractivity contribution in [2.24, 2.45) is 0 Å². The monoisotopic (exact) mass is 155 g/mol. The van der Waals surface area contributed by atoms with Gasteiger partial charge in [0.2, 0.25) is 0 Å². The van der Waals surface area contributed by atoms with E-state index in [1.165, 1.54) is 32.2 Å². The Morgan fingerprint density at radius 1 is 1.36 bits per heavy atom. The number of ether oxygens (including phenoxy) is 1. The third-order valence-electron chi connectivity index (χ3n) is 2.80. The lowest BCUT2D eigenvalue weighted by Crippen LogP contribution is -2.34. The molecule has 0 aromatic carbocycles. The highest BCUT2D eigenvalue weighted by Crippen LogP contribution is 2.33. The first-order valence-corrected chi connectivity index (χ1v) is 4.66. The molecule has 0 bridgehead atoms. The van der Waals surface area contributed by atoms with E-state index in [1.54, 1.807) is 0 Å². The number of methoxy groups -OCH3 is 1. The smallest absolute Gasteiger partial charge is 0.0618 e. The molecular weight excluding hydrogens is 138 g/mol. The van der Waals surface area contributed by atoms with E-state index in [0.29, 0.717) is 0 Å². The van der Waals surface area contributed by atoms with E-state index < -0.39 is 0 Å². The molecule has 1 saturated carbocycles. The van der Waals surface area contributed by atoms with Gasteiger partial charge in [0.05, 0.1) is 6.61 Å². The normalized spacial score (nSPS) is 33.0. The highest BCUT2D eigenvalue weighted by Gasteiger charge is 2.36. The van der Waals surface area contributed by atoms with Crippen LogP contribution in [0.1, 0.15) is 25.7 Å². The Hall–Kier alpha value is -0.0800. The molecule has 2 rings (SSSR count). The molecule has 1 saturated heterocycles. The summed E-state index contributed by atoms with van der Waals surface area (Å²) in [6, 6.07) is 1.67. The summed E-state index contributed by atoms with van der Waals surface area (Å²) >= 11 is 0. The van der Waals surface area contributed by atoms with Gasteiger partial charge in [0.1, 0.15) is 0 Å². The maximum atomic E-state index is 5.19. The Morgan fingerprint density at radius 3 is 2.82 bits per heavy atom. The predicted octanol–water partition coefficient (Wildman–Crippen LogP) is 1.26. The molecule has 0 amide bonds. The van der Waals surface area contributed by atoms with Gasteiger partial charge < -0.3 is 4.74 Å². The second-order valence-electron chi connectivity index (χ2n) is 3.72. The summed E-state index contributed by atoms with van der Waals surface area (Å²) in [4.78, 5) is 2.64. The van der Waals surface area contributed by atoms with Crippen LogP contribution in [-0.4, -0.2) is 37.2 Å². The van der Waals surface area contributed by atoms with E-state index in [2.05, 4.69) is 4.90 Å². The van der Waals surface area contributed by atoms with E-state index in [1.807, 2.05) is 7.11 Å². The number of hydrogen-bond donors (Lipinski definition) is 0. The van der Waals surface area contributed by atoms with Crippen molar-refractivity contribution in [1.29, 1.82) is 0 Å². The van der Waals surface area contributed by atoms with Crippen LogP contribution in [0.15, 0.2) is 0 Å². The molecule has 2 nitrogen and oxygen atoms in total. The fourth-order valence-corrected chi connectivity index (χ4v) is 2.12. The van der Waals surface area contributed by atoms with Crippen LogP contribution in [0.3, 0.4) is 0 Å². The Labute approximate surface area is 68.5 Å². The largest absolute Gasteiger partial charge is 0.383 e. The summed E-state index contributed by atoms with van der Waals surface area (Å²) in [5.74, 6) is 0. The Bertz CT molecular complexity index is 134. The van der Waals surface area contributed by atoms with Gasteiger partial charge in [-0.2, -0.15) is 0 Å². The average Bonchev–Trinajstić information content (AvgIpc) is 2.75. The van der Waals surface area contributed by atoms with E-state index in [9.17, 15) is 0 Å². The minimum atomic E-state index is 0.743. The van der Waals surface area contributed by atoms with Crippen molar-refractivity contribution in [2.75, 3.05) is 20.3 Å². The van der Waals surface area contributed by atoms with Crippen molar-refractivity contribution >= 4 is 0 Å². The Morgan fingerprint density at radius 2 is 2.18 bits per heavy atom. The second kappa shape index (κ2) is 3.11. The van der Waals surface area contributed by atoms with Crippen LogP contribution >= 0.6 is 0 Å². The van der Waals surface area contributed by atoms with Crippen LogP contribution in [0.2, 0.25) is 0 Å². The minimum Gasteiger partial charge on any atom is -0.383 e. The van der Waals surface area contributed by atoms with Crippen LogP contribution in [0.4, 0.5) is 0 Å². The van der Waals surface area contributed by atoms with E-state index >= 15 is 0 Å². The molecule has 0 aromatic rings. The van der Waals surface area contributed by atoms with Crippen LogP contribution in [0.25, 0.3) is 0 Å². The molecule has 2 aliphatic rings. The molecule has 1 aliphatic heterocycles. The number of rotatable bonds is 3. The van der Waals surface area contributed by atoms with Crippen molar-refractivity contribution in [1.82, 2.24) is 4.90 Å². The first kappa shape index (κ1) is 7.56. The lowest BCUT2D eigenvalue weighted by atomic mass is 10.2. The van der Waals surface area contributed by atoms with Crippen molar-refractivity contribution < 1.29 is 4.74 Å². The summed E-state index contributed by atoms with van der Waals surface area (Å²) in [6.45, 7) is 2.26. The Balaban J connectivity index is 1.85. The van der Waals surface area contributed by atoms with Crippen LogP contribution in [-0.2, 0) is 4.74 Å². The van der Waals surface area contributed by atoms with Gasteiger partial charge in [-0.15, -0.1) is 0 Å². The number of hydrogen-bond acceptors (Lipinski definition) is 2. The quantitative estimate of drug-likeness (QED) is 0.608. The summed E-state index contributed by atoms with van der Waals surface area (Å²) in [5, 5.41) is 0. The van der Waals surface area contributed by atoms with Crippen LogP contribution in [0, 0.1) is 0 Å². The number of likely N-dealkylation sites (tertiary alicyclic amines) is 1. The maximum Gasteiger partial charge on any atom is 0.0618 e. The summed E-state index contributed by atoms with van der Waals surface area (Å²) in [6.07, 6.45) is 5.59. The molecule has 11 heavy (non-hydrogen) atoms. The van der Waals surface area contributed by atoms with Gasteiger partial charge in [-0.25, -0.2) is 0 Å². The van der Waals surface area contributed by atoms with Crippen molar-refractivity contribution in [3.63, 3.8) is 0 Å². The lowest BCUT2D eigenvalue weighted by Gasteiger charge is -2.22. The van der Waals surface area contributed by atoms with Crippen molar-refractivity contribution in [3.05, 3.63) is 0 Å². The molecule has 64 valence electrons. The fourth-order valence-electron chi connectivity index (χ4n) is 2.12. The second-order valence-corrected chi connectivity index (χ2v) is 3.72. The zero-order valence-corrected chi connectivity index (χ0v) is 7.25. The molecule has 0 N–H and O–H groups in total. The molecular formula is C9H17NO. The molecule has 1 aliphatic carbocycles. The zero-order chi connectivity index (χ0) is 7.68. The summed E-state index contributed by atoms with van der Waals surface area (Å²) in [5.41, 5.74) is 0. The van der Waals surface area contributed by atoms with Crippen molar-refractivity contribution in [3.8, 4) is 0 Å². The molecule has 0 spiro atoms. The van der Waals surface area contributed by atoms with Gasteiger partial charge in [-0.3, -0.25) is 4.90 Å². The van der Waals surface area contributed by atoms with E-state index in [4.69, 9.17) is 4.74 Å². The molecule has 1 atom stereocenters. The van der Waals surface area contributed by atoms with Gasteiger partial charge in [0.15, 0.2) is 0 Å². The zero-order valence-electron chi connectivity index (χ0n) is 7.25. The molecule has 0 aromatic heterocycles. The summed E-state index contributed by atoms with van der Waals surface area (Å²) in [7, 11) is 1.81. The average molecular weight is 155 g/mol.